The summed E-state index contributed by atoms with van der Waals surface area (Å²) in [5.41, 5.74) is 0. The molecule has 0 aromatic rings. The maximum Gasteiger partial charge on any atom is 0.148 e. The van der Waals surface area contributed by atoms with Crippen LogP contribution in [0.4, 0.5) is 0 Å². The molecule has 4 heteroatoms. The molecule has 0 aliphatic carbocycles. The topological polar surface area (TPSA) is 46.2 Å². The van der Waals surface area contributed by atoms with Gasteiger partial charge in [-0.15, -0.1) is 0 Å². The highest BCUT2D eigenvalue weighted by atomic mass is 32.2. The molecule has 13 heavy (non-hydrogen) atoms. The summed E-state index contributed by atoms with van der Waals surface area (Å²) in [4.78, 5) is 0. The van der Waals surface area contributed by atoms with Crippen LogP contribution in [0, 0.1) is 5.92 Å². The highest BCUT2D eigenvalue weighted by Gasteiger charge is 2.17. The standard InChI is InChI=1S/C9H21NO2S/c1-5-6-10-9(8(2)3)7-13(4,11)12/h8-10H,5-7H2,1-4H3. The SMILES string of the molecule is CCCNC(CS(C)(=O)=O)C(C)C. The molecule has 1 N–H and O–H groups in total. The second-order valence-corrected chi connectivity index (χ2v) is 6.08. The smallest absolute Gasteiger partial charge is 0.148 e. The van der Waals surface area contributed by atoms with Crippen LogP contribution in [0.3, 0.4) is 0 Å². The minimum absolute atomic E-state index is 0.0925. The lowest BCUT2D eigenvalue weighted by atomic mass is 10.1. The van der Waals surface area contributed by atoms with Crippen LogP contribution in [0.15, 0.2) is 0 Å². The lowest BCUT2D eigenvalue weighted by molar-refractivity contribution is 0.426. The molecule has 80 valence electrons. The second kappa shape index (κ2) is 5.60. The summed E-state index contributed by atoms with van der Waals surface area (Å²) in [6.07, 6.45) is 2.32. The Morgan fingerprint density at radius 2 is 1.85 bits per heavy atom. The molecular formula is C9H21NO2S. The minimum atomic E-state index is -2.86. The van der Waals surface area contributed by atoms with Gasteiger partial charge in [0.15, 0.2) is 0 Å². The van der Waals surface area contributed by atoms with E-state index in [0.717, 1.165) is 13.0 Å². The molecule has 1 atom stereocenters. The Hall–Kier alpha value is -0.0900. The van der Waals surface area contributed by atoms with Crippen LogP contribution in [0.5, 0.6) is 0 Å². The Labute approximate surface area is 81.8 Å². The van der Waals surface area contributed by atoms with Crippen LogP contribution < -0.4 is 5.32 Å². The van der Waals surface area contributed by atoms with E-state index in [4.69, 9.17) is 0 Å². The monoisotopic (exact) mass is 207 g/mol. The molecule has 0 aliphatic rings. The van der Waals surface area contributed by atoms with Crippen molar-refractivity contribution in [3.05, 3.63) is 0 Å². The molecule has 0 aliphatic heterocycles. The Kier molecular flexibility index (Phi) is 5.56. The summed E-state index contributed by atoms with van der Waals surface area (Å²) < 4.78 is 22.1. The highest BCUT2D eigenvalue weighted by molar-refractivity contribution is 7.90. The van der Waals surface area contributed by atoms with Crippen molar-refractivity contribution in [2.24, 2.45) is 5.92 Å². The summed E-state index contributed by atoms with van der Waals surface area (Å²) in [6, 6.07) is 0.0925. The van der Waals surface area contributed by atoms with E-state index >= 15 is 0 Å². The first-order chi connectivity index (χ1) is 5.87. The molecule has 0 amide bonds. The predicted molar refractivity (Wildman–Crippen MR) is 56.6 cm³/mol. The third-order valence-corrected chi connectivity index (χ3v) is 2.91. The van der Waals surface area contributed by atoms with Gasteiger partial charge in [-0.2, -0.15) is 0 Å². The average Bonchev–Trinajstić information content (AvgIpc) is 1.95. The van der Waals surface area contributed by atoms with Crippen LogP contribution in [0.25, 0.3) is 0 Å². The molecule has 0 aromatic heterocycles. The zero-order valence-electron chi connectivity index (χ0n) is 9.00. The summed E-state index contributed by atoms with van der Waals surface area (Å²) in [5.74, 6) is 0.603. The van der Waals surface area contributed by atoms with Crippen LogP contribution in [-0.4, -0.2) is 33.0 Å². The highest BCUT2D eigenvalue weighted by Crippen LogP contribution is 2.04. The van der Waals surface area contributed by atoms with Gasteiger partial charge in [0.05, 0.1) is 5.75 Å². The molecule has 0 spiro atoms. The second-order valence-electron chi connectivity index (χ2n) is 3.90. The van der Waals surface area contributed by atoms with Crippen LogP contribution in [0.2, 0.25) is 0 Å². The van der Waals surface area contributed by atoms with E-state index in [-0.39, 0.29) is 11.8 Å². The molecule has 0 fully saturated rings. The summed E-state index contributed by atoms with van der Waals surface area (Å²) in [5, 5.41) is 3.25. The molecule has 0 bridgehead atoms. The van der Waals surface area contributed by atoms with Crippen molar-refractivity contribution in [2.45, 2.75) is 33.2 Å². The first-order valence-corrected chi connectivity index (χ1v) is 6.84. The van der Waals surface area contributed by atoms with Crippen LogP contribution >= 0.6 is 0 Å². The van der Waals surface area contributed by atoms with Gasteiger partial charge in [-0.05, 0) is 18.9 Å². The largest absolute Gasteiger partial charge is 0.313 e. The third kappa shape index (κ3) is 7.02. The maximum atomic E-state index is 11.1. The predicted octanol–water partition coefficient (Wildman–Crippen LogP) is 1.06. The quantitative estimate of drug-likeness (QED) is 0.708. The number of nitrogens with one attached hydrogen (secondary N) is 1. The first kappa shape index (κ1) is 12.9. The average molecular weight is 207 g/mol. The van der Waals surface area contributed by atoms with Gasteiger partial charge >= 0.3 is 0 Å². The van der Waals surface area contributed by atoms with Gasteiger partial charge in [0.1, 0.15) is 9.84 Å². The number of rotatable bonds is 6. The molecule has 0 heterocycles. The van der Waals surface area contributed by atoms with Gasteiger partial charge in [0.25, 0.3) is 0 Å². The van der Waals surface area contributed by atoms with E-state index in [0.29, 0.717) is 5.92 Å². The molecule has 0 aromatic carbocycles. The van der Waals surface area contributed by atoms with Crippen molar-refractivity contribution in [3.8, 4) is 0 Å². The Bertz CT molecular complexity index is 222. The normalized spacial score (nSPS) is 14.8. The van der Waals surface area contributed by atoms with Gasteiger partial charge < -0.3 is 5.32 Å². The van der Waals surface area contributed by atoms with Crippen molar-refractivity contribution in [1.29, 1.82) is 0 Å². The first-order valence-electron chi connectivity index (χ1n) is 4.78. The molecule has 0 saturated heterocycles. The maximum absolute atomic E-state index is 11.1. The van der Waals surface area contributed by atoms with E-state index in [1.807, 2.05) is 13.8 Å². The number of sulfone groups is 1. The summed E-state index contributed by atoms with van der Waals surface area (Å²) in [7, 11) is -2.86. The third-order valence-electron chi connectivity index (χ3n) is 1.94. The van der Waals surface area contributed by atoms with Gasteiger partial charge in [-0.25, -0.2) is 8.42 Å². The van der Waals surface area contributed by atoms with Gasteiger partial charge in [0, 0.05) is 12.3 Å². The number of hydrogen-bond donors (Lipinski definition) is 1. The van der Waals surface area contributed by atoms with Gasteiger partial charge in [-0.3, -0.25) is 0 Å². The molecule has 0 rings (SSSR count). The molecule has 3 nitrogen and oxygen atoms in total. The van der Waals surface area contributed by atoms with Crippen molar-refractivity contribution in [1.82, 2.24) is 5.32 Å². The Balaban J connectivity index is 4.11. The van der Waals surface area contributed by atoms with Crippen molar-refractivity contribution < 1.29 is 8.42 Å². The molecular weight excluding hydrogens is 186 g/mol. The minimum Gasteiger partial charge on any atom is -0.313 e. The zero-order valence-corrected chi connectivity index (χ0v) is 9.82. The molecule has 0 radical (unpaired) electrons. The fourth-order valence-corrected chi connectivity index (χ4v) is 2.30. The van der Waals surface area contributed by atoms with E-state index in [2.05, 4.69) is 12.2 Å². The lowest BCUT2D eigenvalue weighted by Gasteiger charge is -2.21. The van der Waals surface area contributed by atoms with Gasteiger partial charge in [-0.1, -0.05) is 20.8 Å². The van der Waals surface area contributed by atoms with Crippen LogP contribution in [-0.2, 0) is 9.84 Å². The van der Waals surface area contributed by atoms with Crippen molar-refractivity contribution in [3.63, 3.8) is 0 Å². The lowest BCUT2D eigenvalue weighted by Crippen LogP contribution is -2.39. The molecule has 0 saturated carbocycles. The van der Waals surface area contributed by atoms with E-state index < -0.39 is 9.84 Å². The van der Waals surface area contributed by atoms with Gasteiger partial charge in [0.2, 0.25) is 0 Å². The van der Waals surface area contributed by atoms with E-state index in [1.54, 1.807) is 0 Å². The summed E-state index contributed by atoms with van der Waals surface area (Å²) in [6.45, 7) is 7.04. The number of hydrogen-bond acceptors (Lipinski definition) is 3. The van der Waals surface area contributed by atoms with Crippen molar-refractivity contribution in [2.75, 3.05) is 18.6 Å². The molecule has 1 unspecified atom stereocenters. The van der Waals surface area contributed by atoms with Crippen molar-refractivity contribution >= 4 is 9.84 Å². The summed E-state index contributed by atoms with van der Waals surface area (Å²) >= 11 is 0. The van der Waals surface area contributed by atoms with E-state index in [9.17, 15) is 8.42 Å². The van der Waals surface area contributed by atoms with Crippen LogP contribution in [0.1, 0.15) is 27.2 Å². The Morgan fingerprint density at radius 1 is 1.31 bits per heavy atom. The fourth-order valence-electron chi connectivity index (χ4n) is 1.14. The fraction of sp³-hybridized carbons (Fsp3) is 1.00. The van der Waals surface area contributed by atoms with E-state index in [1.165, 1.54) is 6.26 Å². The Morgan fingerprint density at radius 3 is 2.15 bits per heavy atom. The zero-order chi connectivity index (χ0) is 10.5.